The predicted molar refractivity (Wildman–Crippen MR) is 68.6 cm³/mol. The van der Waals surface area contributed by atoms with E-state index >= 15 is 0 Å². The Hall–Kier alpha value is -0.380. The van der Waals surface area contributed by atoms with Gasteiger partial charge in [-0.3, -0.25) is 4.84 Å². The summed E-state index contributed by atoms with van der Waals surface area (Å²) in [5.74, 6) is 0. The summed E-state index contributed by atoms with van der Waals surface area (Å²) in [7, 11) is 0. The smallest absolute Gasteiger partial charge is 0.0790 e. The van der Waals surface area contributed by atoms with Crippen LogP contribution in [0.25, 0.3) is 0 Å². The highest BCUT2D eigenvalue weighted by molar-refractivity contribution is 7.12. The number of nitrogens with one attached hydrogen (secondary N) is 1. The first-order valence-electron chi connectivity index (χ1n) is 6.29. The van der Waals surface area contributed by atoms with Gasteiger partial charge in [0.25, 0.3) is 0 Å². The molecular formula is C13H21NOS. The lowest BCUT2D eigenvalue weighted by atomic mass is 10.3. The van der Waals surface area contributed by atoms with Gasteiger partial charge in [-0.2, -0.15) is 5.48 Å². The summed E-state index contributed by atoms with van der Waals surface area (Å²) in [6.07, 6.45) is 6.63. The molecule has 1 aliphatic rings. The van der Waals surface area contributed by atoms with E-state index in [1.54, 1.807) is 0 Å². The van der Waals surface area contributed by atoms with Gasteiger partial charge in [0, 0.05) is 9.75 Å². The number of hydrogen-bond donors (Lipinski definition) is 1. The molecule has 0 saturated heterocycles. The van der Waals surface area contributed by atoms with Gasteiger partial charge >= 0.3 is 0 Å². The van der Waals surface area contributed by atoms with Gasteiger partial charge in [0.1, 0.15) is 0 Å². The van der Waals surface area contributed by atoms with Crippen molar-refractivity contribution in [1.82, 2.24) is 5.48 Å². The van der Waals surface area contributed by atoms with Crippen molar-refractivity contribution in [3.05, 3.63) is 21.9 Å². The average Bonchev–Trinajstić information content (AvgIpc) is 2.96. The van der Waals surface area contributed by atoms with Gasteiger partial charge in [0.05, 0.1) is 12.1 Å². The Balaban J connectivity index is 1.80. The first-order chi connectivity index (χ1) is 7.79. The highest BCUT2D eigenvalue weighted by Gasteiger charge is 2.17. The summed E-state index contributed by atoms with van der Waals surface area (Å²) in [6, 6.07) is 4.73. The van der Waals surface area contributed by atoms with Gasteiger partial charge in [0.2, 0.25) is 0 Å². The second kappa shape index (κ2) is 5.80. The summed E-state index contributed by atoms with van der Waals surface area (Å²) in [5.41, 5.74) is 3.19. The molecule has 90 valence electrons. The van der Waals surface area contributed by atoms with E-state index in [1.807, 2.05) is 11.3 Å². The van der Waals surface area contributed by atoms with Crippen LogP contribution in [0.1, 0.15) is 55.3 Å². The van der Waals surface area contributed by atoms with Crippen molar-refractivity contribution in [3.63, 3.8) is 0 Å². The zero-order valence-electron chi connectivity index (χ0n) is 10.2. The average molecular weight is 239 g/mol. The van der Waals surface area contributed by atoms with Crippen LogP contribution in [-0.4, -0.2) is 6.10 Å². The highest BCUT2D eigenvalue weighted by atomic mass is 32.1. The van der Waals surface area contributed by atoms with Crippen molar-refractivity contribution < 1.29 is 4.84 Å². The third-order valence-electron chi connectivity index (χ3n) is 3.17. The number of thiophene rings is 1. The summed E-state index contributed by atoms with van der Waals surface area (Å²) in [4.78, 5) is 8.54. The van der Waals surface area contributed by atoms with Crippen LogP contribution >= 0.6 is 11.3 Å². The molecule has 1 aromatic heterocycles. The van der Waals surface area contributed by atoms with Crippen LogP contribution in [0, 0.1) is 0 Å². The summed E-state index contributed by atoms with van der Waals surface area (Å²) in [6.45, 7) is 4.36. The molecule has 2 nitrogen and oxygen atoms in total. The molecule has 1 fully saturated rings. The van der Waals surface area contributed by atoms with Gasteiger partial charge in [0.15, 0.2) is 0 Å². The van der Waals surface area contributed by atoms with Crippen LogP contribution in [0.4, 0.5) is 0 Å². The molecule has 3 heteroatoms. The van der Waals surface area contributed by atoms with Crippen molar-refractivity contribution in [2.45, 2.75) is 58.1 Å². The molecule has 0 radical (unpaired) electrons. The maximum absolute atomic E-state index is 5.72. The monoisotopic (exact) mass is 239 g/mol. The van der Waals surface area contributed by atoms with Crippen LogP contribution in [0.2, 0.25) is 0 Å². The molecule has 2 rings (SSSR count). The Bertz CT molecular complexity index is 317. The minimum atomic E-state index is 0.311. The van der Waals surface area contributed by atoms with Gasteiger partial charge in [-0.1, -0.05) is 19.8 Å². The zero-order valence-corrected chi connectivity index (χ0v) is 11.0. The zero-order chi connectivity index (χ0) is 11.4. The normalized spacial score (nSPS) is 19.1. The van der Waals surface area contributed by atoms with Gasteiger partial charge < -0.3 is 0 Å². The van der Waals surface area contributed by atoms with E-state index in [0.717, 1.165) is 6.42 Å². The lowest BCUT2D eigenvalue weighted by molar-refractivity contribution is -0.0371. The van der Waals surface area contributed by atoms with E-state index in [-0.39, 0.29) is 0 Å². The Morgan fingerprint density at radius 1 is 1.44 bits per heavy atom. The van der Waals surface area contributed by atoms with E-state index in [2.05, 4.69) is 31.5 Å². The lowest BCUT2D eigenvalue weighted by Crippen LogP contribution is -2.24. The molecule has 0 amide bonds. The second-order valence-corrected chi connectivity index (χ2v) is 5.72. The molecule has 1 saturated carbocycles. The van der Waals surface area contributed by atoms with Crippen LogP contribution in [0.3, 0.4) is 0 Å². The second-order valence-electron chi connectivity index (χ2n) is 4.52. The number of rotatable bonds is 5. The van der Waals surface area contributed by atoms with Gasteiger partial charge in [-0.05, 0) is 38.3 Å². The van der Waals surface area contributed by atoms with Crippen molar-refractivity contribution in [3.8, 4) is 0 Å². The van der Waals surface area contributed by atoms with Gasteiger partial charge in [-0.25, -0.2) is 0 Å². The molecule has 1 atom stereocenters. The molecule has 0 spiro atoms. The molecule has 1 N–H and O–H groups in total. The predicted octanol–water partition coefficient (Wildman–Crippen LogP) is 3.84. The summed E-state index contributed by atoms with van der Waals surface area (Å²) in [5, 5.41) is 0. The molecule has 1 aliphatic carbocycles. The minimum absolute atomic E-state index is 0.311. The number of aryl methyl sites for hydroxylation is 1. The van der Waals surface area contributed by atoms with E-state index in [9.17, 15) is 0 Å². The molecule has 1 aromatic rings. The van der Waals surface area contributed by atoms with E-state index in [1.165, 1.54) is 35.4 Å². The molecule has 0 aliphatic heterocycles. The van der Waals surface area contributed by atoms with E-state index in [4.69, 9.17) is 4.84 Å². The van der Waals surface area contributed by atoms with Crippen LogP contribution in [0.5, 0.6) is 0 Å². The number of hydrogen-bond acceptors (Lipinski definition) is 3. The SMILES string of the molecule is CCc1ccc(C(C)NOC2CCCC2)s1. The topological polar surface area (TPSA) is 21.3 Å². The quantitative estimate of drug-likeness (QED) is 0.788. The third-order valence-corrected chi connectivity index (χ3v) is 4.58. The maximum atomic E-state index is 5.72. The van der Waals surface area contributed by atoms with Crippen LogP contribution in [0.15, 0.2) is 12.1 Å². The fourth-order valence-electron chi connectivity index (χ4n) is 2.08. The Morgan fingerprint density at radius 2 is 2.19 bits per heavy atom. The molecular weight excluding hydrogens is 218 g/mol. The van der Waals surface area contributed by atoms with E-state index < -0.39 is 0 Å². The van der Waals surface area contributed by atoms with Crippen molar-refractivity contribution >= 4 is 11.3 Å². The molecule has 0 bridgehead atoms. The lowest BCUT2D eigenvalue weighted by Gasteiger charge is -2.16. The minimum Gasteiger partial charge on any atom is -0.298 e. The van der Waals surface area contributed by atoms with E-state index in [0.29, 0.717) is 12.1 Å². The number of hydroxylamine groups is 1. The Morgan fingerprint density at radius 3 is 2.81 bits per heavy atom. The van der Waals surface area contributed by atoms with Crippen molar-refractivity contribution in [1.29, 1.82) is 0 Å². The summed E-state index contributed by atoms with van der Waals surface area (Å²) < 4.78 is 0. The fraction of sp³-hybridized carbons (Fsp3) is 0.692. The third kappa shape index (κ3) is 3.06. The van der Waals surface area contributed by atoms with Gasteiger partial charge in [-0.15, -0.1) is 11.3 Å². The standard InChI is InChI=1S/C13H21NOS/c1-3-12-8-9-13(16-12)10(2)14-15-11-6-4-5-7-11/h8-11,14H,3-7H2,1-2H3. The van der Waals surface area contributed by atoms with Crippen LogP contribution in [-0.2, 0) is 11.3 Å². The van der Waals surface area contributed by atoms with Crippen molar-refractivity contribution in [2.24, 2.45) is 0 Å². The molecule has 0 aromatic carbocycles. The Labute approximate surface area is 102 Å². The maximum Gasteiger partial charge on any atom is 0.0790 e. The molecule has 1 heterocycles. The molecule has 16 heavy (non-hydrogen) atoms. The van der Waals surface area contributed by atoms with Crippen molar-refractivity contribution in [2.75, 3.05) is 0 Å². The Kier molecular flexibility index (Phi) is 4.38. The first-order valence-corrected chi connectivity index (χ1v) is 7.11. The molecule has 1 unspecified atom stereocenters. The fourth-order valence-corrected chi connectivity index (χ4v) is 3.02. The summed E-state index contributed by atoms with van der Waals surface area (Å²) >= 11 is 1.88. The first kappa shape index (κ1) is 12.1. The highest BCUT2D eigenvalue weighted by Crippen LogP contribution is 2.25. The van der Waals surface area contributed by atoms with Crippen LogP contribution < -0.4 is 5.48 Å². The largest absolute Gasteiger partial charge is 0.298 e.